The Hall–Kier alpha value is -2.17. The highest BCUT2D eigenvalue weighted by molar-refractivity contribution is 6.30. The van der Waals surface area contributed by atoms with E-state index in [9.17, 15) is 4.79 Å². The van der Waals surface area contributed by atoms with Crippen molar-refractivity contribution in [3.05, 3.63) is 64.2 Å². The molecule has 2 aromatic rings. The third kappa shape index (κ3) is 2.63. The highest BCUT2D eigenvalue weighted by Gasteiger charge is 2.25. The predicted molar refractivity (Wildman–Crippen MR) is 86.8 cm³/mol. The average Bonchev–Trinajstić information content (AvgIpc) is 2.65. The summed E-state index contributed by atoms with van der Waals surface area (Å²) in [5.74, 6) is 0.538. The molecule has 1 aliphatic rings. The molecule has 0 aromatic heterocycles. The molecule has 5 heteroatoms. The summed E-state index contributed by atoms with van der Waals surface area (Å²) in [6.45, 7) is 0. The summed E-state index contributed by atoms with van der Waals surface area (Å²) in [4.78, 5) is 16.6. The van der Waals surface area contributed by atoms with Gasteiger partial charge < -0.3 is 10.5 Å². The van der Waals surface area contributed by atoms with Crippen LogP contribution in [0.15, 0.2) is 47.5 Å². The Labute approximate surface area is 133 Å². The first-order chi connectivity index (χ1) is 10.6. The number of aliphatic imine (C=N–C) groups is 1. The van der Waals surface area contributed by atoms with Gasteiger partial charge in [0.1, 0.15) is 5.75 Å². The van der Waals surface area contributed by atoms with Gasteiger partial charge in [-0.2, -0.15) is 0 Å². The Morgan fingerprint density at radius 3 is 2.64 bits per heavy atom. The number of nitrogens with zero attached hydrogens (tertiary/aromatic N) is 1. The first-order valence-electron chi connectivity index (χ1n) is 6.88. The van der Waals surface area contributed by atoms with Crippen LogP contribution in [0.1, 0.15) is 16.7 Å². The summed E-state index contributed by atoms with van der Waals surface area (Å²) < 4.78 is 5.39. The van der Waals surface area contributed by atoms with Crippen LogP contribution in [-0.2, 0) is 11.2 Å². The third-order valence-electron chi connectivity index (χ3n) is 3.67. The average molecular weight is 315 g/mol. The van der Waals surface area contributed by atoms with Crippen molar-refractivity contribution in [1.29, 1.82) is 0 Å². The van der Waals surface area contributed by atoms with E-state index in [2.05, 4.69) is 4.99 Å². The van der Waals surface area contributed by atoms with Crippen molar-refractivity contribution in [2.75, 3.05) is 7.11 Å². The summed E-state index contributed by atoms with van der Waals surface area (Å²) >= 11 is 5.94. The molecule has 3 rings (SSSR count). The molecule has 4 nitrogen and oxygen atoms in total. The van der Waals surface area contributed by atoms with Crippen molar-refractivity contribution in [3.8, 4) is 5.75 Å². The van der Waals surface area contributed by atoms with E-state index in [1.54, 1.807) is 19.2 Å². The van der Waals surface area contributed by atoms with Gasteiger partial charge in [-0.25, -0.2) is 0 Å². The highest BCUT2D eigenvalue weighted by Crippen LogP contribution is 2.28. The zero-order valence-corrected chi connectivity index (χ0v) is 12.8. The van der Waals surface area contributed by atoms with Gasteiger partial charge in [0.2, 0.25) is 0 Å². The number of hydrogen-bond acceptors (Lipinski definition) is 4. The Morgan fingerprint density at radius 2 is 1.95 bits per heavy atom. The number of rotatable bonds is 2. The van der Waals surface area contributed by atoms with Crippen LogP contribution >= 0.6 is 11.6 Å². The molecule has 0 radical (unpaired) electrons. The molecule has 22 heavy (non-hydrogen) atoms. The minimum Gasteiger partial charge on any atom is -0.496 e. The van der Waals surface area contributed by atoms with Crippen molar-refractivity contribution < 1.29 is 9.53 Å². The second kappa shape index (κ2) is 5.91. The quantitative estimate of drug-likeness (QED) is 0.926. The number of benzene rings is 2. The number of ether oxygens (including phenoxy) is 1. The fraction of sp³-hybridized carbons (Fsp3) is 0.176. The standard InChI is InChI=1S/C17H15ClN2O2/c1-22-15-4-2-3-12-13(15)9-14(21)17(19)20-16(12)10-5-7-11(18)8-6-10/h2-8,17H,9,19H2,1H3. The summed E-state index contributed by atoms with van der Waals surface area (Å²) in [7, 11) is 1.59. The molecule has 1 aliphatic heterocycles. The number of fused-ring (bicyclic) bond motifs is 1. The normalized spacial score (nSPS) is 17.5. The molecule has 1 atom stereocenters. The van der Waals surface area contributed by atoms with Crippen molar-refractivity contribution in [2.45, 2.75) is 12.6 Å². The lowest BCUT2D eigenvalue weighted by molar-refractivity contribution is -0.119. The number of ketones is 1. The number of hydrogen-bond donors (Lipinski definition) is 1. The van der Waals surface area contributed by atoms with Crippen LogP contribution in [0.3, 0.4) is 0 Å². The molecule has 0 bridgehead atoms. The second-order valence-corrected chi connectivity index (χ2v) is 5.50. The van der Waals surface area contributed by atoms with Crippen LogP contribution in [0.25, 0.3) is 0 Å². The fourth-order valence-electron chi connectivity index (χ4n) is 2.56. The van der Waals surface area contributed by atoms with Gasteiger partial charge in [0.25, 0.3) is 0 Å². The number of nitrogens with two attached hydrogens (primary N) is 1. The molecule has 0 saturated carbocycles. The smallest absolute Gasteiger partial charge is 0.176 e. The molecule has 1 heterocycles. The topological polar surface area (TPSA) is 64.7 Å². The minimum atomic E-state index is -0.872. The lowest BCUT2D eigenvalue weighted by Crippen LogP contribution is -2.29. The van der Waals surface area contributed by atoms with Crippen LogP contribution in [0.2, 0.25) is 5.02 Å². The van der Waals surface area contributed by atoms with Crippen molar-refractivity contribution in [2.24, 2.45) is 10.7 Å². The summed E-state index contributed by atoms with van der Waals surface area (Å²) in [6, 6.07) is 13.0. The summed E-state index contributed by atoms with van der Waals surface area (Å²) in [6.07, 6.45) is -0.663. The number of Topliss-reactive ketones (excluding diaryl/α,β-unsaturated/α-hetero) is 1. The van der Waals surface area contributed by atoms with E-state index in [4.69, 9.17) is 22.1 Å². The van der Waals surface area contributed by atoms with Crippen LogP contribution in [0.5, 0.6) is 5.75 Å². The van der Waals surface area contributed by atoms with E-state index >= 15 is 0 Å². The molecule has 2 aromatic carbocycles. The molecular formula is C17H15ClN2O2. The van der Waals surface area contributed by atoms with Gasteiger partial charge in [-0.05, 0) is 18.2 Å². The van der Waals surface area contributed by atoms with Crippen LogP contribution in [0.4, 0.5) is 0 Å². The maximum atomic E-state index is 12.2. The molecule has 0 fully saturated rings. The second-order valence-electron chi connectivity index (χ2n) is 5.06. The lowest BCUT2D eigenvalue weighted by Gasteiger charge is -2.13. The van der Waals surface area contributed by atoms with E-state index in [0.717, 1.165) is 16.7 Å². The molecule has 0 aliphatic carbocycles. The molecule has 0 spiro atoms. The number of halogens is 1. The van der Waals surface area contributed by atoms with Gasteiger partial charge in [0.05, 0.1) is 12.8 Å². The van der Waals surface area contributed by atoms with Gasteiger partial charge in [-0.1, -0.05) is 35.9 Å². The van der Waals surface area contributed by atoms with Crippen LogP contribution in [-0.4, -0.2) is 24.8 Å². The summed E-state index contributed by atoms with van der Waals surface area (Å²) in [5, 5.41) is 0.643. The first kappa shape index (κ1) is 14.8. The summed E-state index contributed by atoms with van der Waals surface area (Å²) in [5.41, 5.74) is 9.13. The molecule has 0 amide bonds. The van der Waals surface area contributed by atoms with Gasteiger partial charge >= 0.3 is 0 Å². The van der Waals surface area contributed by atoms with Crippen molar-refractivity contribution in [3.63, 3.8) is 0 Å². The van der Waals surface area contributed by atoms with E-state index in [1.807, 2.05) is 30.3 Å². The Balaban J connectivity index is 2.22. The first-order valence-corrected chi connectivity index (χ1v) is 7.26. The van der Waals surface area contributed by atoms with Gasteiger partial charge in [0.15, 0.2) is 11.9 Å². The van der Waals surface area contributed by atoms with E-state index in [1.165, 1.54) is 0 Å². The van der Waals surface area contributed by atoms with Crippen molar-refractivity contribution in [1.82, 2.24) is 0 Å². The fourth-order valence-corrected chi connectivity index (χ4v) is 2.68. The van der Waals surface area contributed by atoms with E-state index < -0.39 is 6.17 Å². The zero-order chi connectivity index (χ0) is 15.7. The monoisotopic (exact) mass is 314 g/mol. The lowest BCUT2D eigenvalue weighted by atomic mass is 9.95. The Kier molecular flexibility index (Phi) is 3.96. The minimum absolute atomic E-state index is 0.130. The molecule has 2 N–H and O–H groups in total. The van der Waals surface area contributed by atoms with E-state index in [0.29, 0.717) is 16.5 Å². The molecule has 112 valence electrons. The number of methoxy groups -OCH3 is 1. The number of carbonyl (C=O) groups is 1. The molecular weight excluding hydrogens is 300 g/mol. The van der Waals surface area contributed by atoms with Gasteiger partial charge in [0, 0.05) is 28.1 Å². The Bertz CT molecular complexity index is 754. The molecule has 0 saturated heterocycles. The van der Waals surface area contributed by atoms with Gasteiger partial charge in [-0.3, -0.25) is 9.79 Å². The SMILES string of the molecule is COc1cccc2c1CC(=O)C(N)N=C2c1ccc(Cl)cc1. The zero-order valence-electron chi connectivity index (χ0n) is 12.0. The van der Waals surface area contributed by atoms with Crippen molar-refractivity contribution >= 4 is 23.1 Å². The number of carbonyl (C=O) groups excluding carboxylic acids is 1. The Morgan fingerprint density at radius 1 is 1.23 bits per heavy atom. The maximum absolute atomic E-state index is 12.2. The highest BCUT2D eigenvalue weighted by atomic mass is 35.5. The maximum Gasteiger partial charge on any atom is 0.176 e. The van der Waals surface area contributed by atoms with Gasteiger partial charge in [-0.15, -0.1) is 0 Å². The third-order valence-corrected chi connectivity index (χ3v) is 3.93. The van der Waals surface area contributed by atoms with Crippen LogP contribution < -0.4 is 10.5 Å². The van der Waals surface area contributed by atoms with E-state index in [-0.39, 0.29) is 12.2 Å². The predicted octanol–water partition coefficient (Wildman–Crippen LogP) is 2.60. The van der Waals surface area contributed by atoms with Crippen LogP contribution in [0, 0.1) is 0 Å². The largest absolute Gasteiger partial charge is 0.496 e. The molecule has 1 unspecified atom stereocenters.